The van der Waals surface area contributed by atoms with Crippen LogP contribution in [0.3, 0.4) is 0 Å². The Hall–Kier alpha value is -2.28. The molecule has 0 radical (unpaired) electrons. The molecular weight excluding hydrogens is 278 g/mol. The van der Waals surface area contributed by atoms with Crippen LogP contribution in [0.2, 0.25) is 0 Å². The number of benzene rings is 1. The maximum atomic E-state index is 10.8. The largest absolute Gasteiger partial charge is 0.496 e. The van der Waals surface area contributed by atoms with Gasteiger partial charge in [-0.2, -0.15) is 0 Å². The first kappa shape index (κ1) is 22.0. The maximum Gasteiger partial charge on any atom is 0.167 e. The van der Waals surface area contributed by atoms with Crippen molar-refractivity contribution in [2.45, 2.75) is 34.1 Å². The molecule has 0 fully saturated rings. The Labute approximate surface area is 134 Å². The van der Waals surface area contributed by atoms with Crippen LogP contribution in [0.1, 0.15) is 39.7 Å². The van der Waals surface area contributed by atoms with E-state index in [0.717, 1.165) is 11.3 Å². The van der Waals surface area contributed by atoms with E-state index < -0.39 is 0 Å². The molecular formula is C18H27NO3. The second-order valence-corrected chi connectivity index (χ2v) is 4.37. The number of hydrogen-bond donors (Lipinski definition) is 0. The summed E-state index contributed by atoms with van der Waals surface area (Å²) in [5.74, 6) is 1.29. The Kier molecular flexibility index (Phi) is 13.7. The highest BCUT2D eigenvalue weighted by Gasteiger charge is 2.08. The van der Waals surface area contributed by atoms with Crippen molar-refractivity contribution in [1.82, 2.24) is 0 Å². The molecule has 4 nitrogen and oxygen atoms in total. The molecule has 0 aliphatic carbocycles. The van der Waals surface area contributed by atoms with Crippen LogP contribution in [0.25, 0.3) is 0 Å². The molecule has 122 valence electrons. The smallest absolute Gasteiger partial charge is 0.167 e. The molecule has 0 aliphatic heterocycles. The lowest BCUT2D eigenvalue weighted by Crippen LogP contribution is -2.07. The number of nitrogens with zero attached hydrogens (tertiary/aromatic N) is 1. The lowest BCUT2D eigenvalue weighted by Gasteiger charge is -2.10. The summed E-state index contributed by atoms with van der Waals surface area (Å²) in [6, 6.07) is 5.43. The zero-order valence-corrected chi connectivity index (χ0v) is 14.5. The number of Topliss-reactive ketones (excluding diaryl/α,β-unsaturated/α-hetero) is 1. The molecule has 22 heavy (non-hydrogen) atoms. The summed E-state index contributed by atoms with van der Waals surface area (Å²) in [5, 5.41) is 0. The average Bonchev–Trinajstić information content (AvgIpc) is 2.54. The minimum Gasteiger partial charge on any atom is -0.496 e. The van der Waals surface area contributed by atoms with E-state index in [-0.39, 0.29) is 12.4 Å². The van der Waals surface area contributed by atoms with Crippen LogP contribution >= 0.6 is 0 Å². The van der Waals surface area contributed by atoms with Gasteiger partial charge in [0.05, 0.1) is 7.11 Å². The van der Waals surface area contributed by atoms with E-state index in [9.17, 15) is 4.79 Å². The molecule has 1 aromatic carbocycles. The molecule has 0 heterocycles. The molecule has 0 unspecified atom stereocenters. The SMILES string of the molecule is C#C.CCC.CN=C(C)c1ccc(OCC(C)=O)cc1OC. The van der Waals surface area contributed by atoms with Gasteiger partial charge in [0.2, 0.25) is 0 Å². The number of rotatable bonds is 5. The van der Waals surface area contributed by atoms with Crippen molar-refractivity contribution in [1.29, 1.82) is 0 Å². The number of ether oxygens (including phenoxy) is 2. The molecule has 1 rings (SSSR count). The standard InChI is InChI=1S/C13H17NO3.C3H8.C2H2/c1-9(15)8-17-11-5-6-12(10(2)14-3)13(7-11)16-4;1-3-2;1-2/h5-7H,8H2,1-4H3;3H2,1-2H3;1-2H. The van der Waals surface area contributed by atoms with Crippen molar-refractivity contribution in [2.24, 2.45) is 4.99 Å². The molecule has 1 aromatic rings. The molecule has 0 spiro atoms. The molecule has 0 bridgehead atoms. The quantitative estimate of drug-likeness (QED) is 0.614. The monoisotopic (exact) mass is 305 g/mol. The molecule has 0 saturated carbocycles. The number of terminal acetylenes is 1. The number of hydrogen-bond acceptors (Lipinski definition) is 4. The van der Waals surface area contributed by atoms with E-state index >= 15 is 0 Å². The molecule has 0 saturated heterocycles. The van der Waals surface area contributed by atoms with E-state index in [1.807, 2.05) is 13.0 Å². The van der Waals surface area contributed by atoms with E-state index in [4.69, 9.17) is 9.47 Å². The van der Waals surface area contributed by atoms with Crippen LogP contribution in [0.5, 0.6) is 11.5 Å². The highest BCUT2D eigenvalue weighted by Crippen LogP contribution is 2.25. The fourth-order valence-corrected chi connectivity index (χ4v) is 1.37. The minimum absolute atomic E-state index is 0.0145. The van der Waals surface area contributed by atoms with Crippen molar-refractivity contribution in [2.75, 3.05) is 20.8 Å². The topological polar surface area (TPSA) is 47.9 Å². The zero-order valence-electron chi connectivity index (χ0n) is 14.5. The van der Waals surface area contributed by atoms with Gasteiger partial charge in [0, 0.05) is 24.4 Å². The highest BCUT2D eigenvalue weighted by atomic mass is 16.5. The van der Waals surface area contributed by atoms with Gasteiger partial charge in [0.15, 0.2) is 5.78 Å². The number of aliphatic imine (C=N–C) groups is 1. The maximum absolute atomic E-state index is 10.8. The van der Waals surface area contributed by atoms with Gasteiger partial charge in [-0.15, -0.1) is 12.8 Å². The van der Waals surface area contributed by atoms with Gasteiger partial charge >= 0.3 is 0 Å². The lowest BCUT2D eigenvalue weighted by atomic mass is 10.1. The average molecular weight is 305 g/mol. The van der Waals surface area contributed by atoms with Gasteiger partial charge in [-0.25, -0.2) is 0 Å². The summed E-state index contributed by atoms with van der Waals surface area (Å²) in [7, 11) is 3.32. The van der Waals surface area contributed by atoms with Crippen LogP contribution in [-0.4, -0.2) is 32.3 Å². The van der Waals surface area contributed by atoms with Crippen molar-refractivity contribution in [3.05, 3.63) is 23.8 Å². The third kappa shape index (κ3) is 8.80. The highest BCUT2D eigenvalue weighted by molar-refractivity contribution is 6.01. The Morgan fingerprint density at radius 2 is 1.77 bits per heavy atom. The van der Waals surface area contributed by atoms with Crippen LogP contribution < -0.4 is 9.47 Å². The normalized spacial score (nSPS) is 9.55. The van der Waals surface area contributed by atoms with Gasteiger partial charge in [-0.3, -0.25) is 9.79 Å². The van der Waals surface area contributed by atoms with Gasteiger partial charge < -0.3 is 9.47 Å². The second-order valence-electron chi connectivity index (χ2n) is 4.37. The molecule has 0 amide bonds. The van der Waals surface area contributed by atoms with Crippen LogP contribution in [0, 0.1) is 12.8 Å². The van der Waals surface area contributed by atoms with Crippen molar-refractivity contribution < 1.29 is 14.3 Å². The molecule has 0 aliphatic rings. The third-order valence-electron chi connectivity index (χ3n) is 2.34. The number of carbonyl (C=O) groups excluding carboxylic acids is 1. The van der Waals surface area contributed by atoms with Crippen LogP contribution in [0.4, 0.5) is 0 Å². The van der Waals surface area contributed by atoms with Crippen molar-refractivity contribution >= 4 is 11.5 Å². The van der Waals surface area contributed by atoms with E-state index in [0.29, 0.717) is 11.5 Å². The van der Waals surface area contributed by atoms with E-state index in [1.54, 1.807) is 26.3 Å². The van der Waals surface area contributed by atoms with E-state index in [1.165, 1.54) is 13.3 Å². The number of methoxy groups -OCH3 is 1. The first-order chi connectivity index (χ1) is 10.5. The number of ketones is 1. The summed E-state index contributed by atoms with van der Waals surface area (Å²) in [4.78, 5) is 14.9. The summed E-state index contributed by atoms with van der Waals surface area (Å²) in [5.41, 5.74) is 1.81. The summed E-state index contributed by atoms with van der Waals surface area (Å²) in [6.07, 6.45) is 9.25. The first-order valence-electron chi connectivity index (χ1n) is 7.07. The van der Waals surface area contributed by atoms with Crippen LogP contribution in [-0.2, 0) is 4.79 Å². The summed E-state index contributed by atoms with van der Waals surface area (Å²) >= 11 is 0. The van der Waals surface area contributed by atoms with Gasteiger partial charge in [-0.05, 0) is 26.0 Å². The first-order valence-corrected chi connectivity index (χ1v) is 7.07. The predicted molar refractivity (Wildman–Crippen MR) is 93.2 cm³/mol. The third-order valence-corrected chi connectivity index (χ3v) is 2.34. The van der Waals surface area contributed by atoms with Gasteiger partial charge in [-0.1, -0.05) is 20.3 Å². The molecule has 0 N–H and O–H groups in total. The Bertz CT molecular complexity index is 490. The van der Waals surface area contributed by atoms with Gasteiger partial charge in [0.25, 0.3) is 0 Å². The second kappa shape index (κ2) is 13.7. The number of carbonyl (C=O) groups is 1. The molecule has 0 aromatic heterocycles. The summed E-state index contributed by atoms with van der Waals surface area (Å²) in [6.45, 7) is 7.72. The van der Waals surface area contributed by atoms with E-state index in [2.05, 4.69) is 31.7 Å². The Morgan fingerprint density at radius 3 is 2.18 bits per heavy atom. The lowest BCUT2D eigenvalue weighted by molar-refractivity contribution is -0.118. The Morgan fingerprint density at radius 1 is 1.23 bits per heavy atom. The summed E-state index contributed by atoms with van der Waals surface area (Å²) < 4.78 is 10.6. The Balaban J connectivity index is 0. The van der Waals surface area contributed by atoms with Crippen molar-refractivity contribution in [3.8, 4) is 24.3 Å². The predicted octanol–water partition coefficient (Wildman–Crippen LogP) is 3.77. The molecule has 4 heteroatoms. The van der Waals surface area contributed by atoms with Crippen molar-refractivity contribution in [3.63, 3.8) is 0 Å². The fourth-order valence-electron chi connectivity index (χ4n) is 1.37. The zero-order chi connectivity index (χ0) is 17.5. The minimum atomic E-state index is -0.0145. The fraction of sp³-hybridized carbons (Fsp3) is 0.444. The van der Waals surface area contributed by atoms with Gasteiger partial charge in [0.1, 0.15) is 18.1 Å². The molecule has 0 atom stereocenters. The van der Waals surface area contributed by atoms with Crippen LogP contribution in [0.15, 0.2) is 23.2 Å².